The van der Waals surface area contributed by atoms with E-state index in [4.69, 9.17) is 0 Å². The molecule has 0 aromatic rings. The molecule has 0 aromatic heterocycles. The number of carbonyl (C=O) groups is 1. The van der Waals surface area contributed by atoms with Crippen molar-refractivity contribution in [1.82, 2.24) is 15.5 Å². The minimum absolute atomic E-state index is 0.199. The van der Waals surface area contributed by atoms with Crippen LogP contribution in [0, 0.1) is 5.92 Å². The number of likely N-dealkylation sites (tertiary alicyclic amines) is 1. The van der Waals surface area contributed by atoms with E-state index in [0.29, 0.717) is 11.9 Å². The smallest absolute Gasteiger partial charge is 0.225 e. The van der Waals surface area contributed by atoms with Gasteiger partial charge in [-0.15, -0.1) is 0 Å². The first-order valence-corrected chi connectivity index (χ1v) is 10.8. The average molecular weight is 357 g/mol. The van der Waals surface area contributed by atoms with Crippen LogP contribution in [0.4, 0.5) is 0 Å². The molecule has 0 unspecified atom stereocenters. The third kappa shape index (κ3) is 7.32. The van der Waals surface area contributed by atoms with Gasteiger partial charge in [-0.25, -0.2) is 0 Å². The molecule has 1 rings (SSSR count). The number of hydrogen-bond acceptors (Lipinski definition) is 3. The fourth-order valence-electron chi connectivity index (χ4n) is 3.11. The first-order chi connectivity index (χ1) is 11.7. The number of unbranched alkanes of at least 4 members (excludes halogenated alkanes) is 1. The third-order valence-corrected chi connectivity index (χ3v) is 5.47. The van der Waals surface area contributed by atoms with Crippen LogP contribution in [-0.2, 0) is 4.79 Å². The number of guanidine groups is 1. The molecule has 0 bridgehead atoms. The van der Waals surface area contributed by atoms with Gasteiger partial charge < -0.3 is 15.5 Å². The highest BCUT2D eigenvalue weighted by Crippen LogP contribution is 2.17. The van der Waals surface area contributed by atoms with Crippen LogP contribution in [-0.4, -0.2) is 61.5 Å². The highest BCUT2D eigenvalue weighted by atomic mass is 32.2. The molecule has 0 saturated carbocycles. The van der Waals surface area contributed by atoms with E-state index in [9.17, 15) is 4.79 Å². The lowest BCUT2D eigenvalue weighted by atomic mass is 9.98. The Morgan fingerprint density at radius 3 is 2.46 bits per heavy atom. The van der Waals surface area contributed by atoms with E-state index in [2.05, 4.69) is 40.6 Å². The predicted molar refractivity (Wildman–Crippen MR) is 106 cm³/mol. The predicted octanol–water partition coefficient (Wildman–Crippen LogP) is 2.72. The Balaban J connectivity index is 2.30. The van der Waals surface area contributed by atoms with Crippen LogP contribution in [0.25, 0.3) is 0 Å². The maximum absolute atomic E-state index is 12.4. The molecular weight excluding hydrogens is 320 g/mol. The molecule has 2 N–H and O–H groups in total. The number of nitrogens with one attached hydrogen (secondary N) is 2. The summed E-state index contributed by atoms with van der Waals surface area (Å²) in [6.07, 6.45) is 8.44. The number of amides is 1. The van der Waals surface area contributed by atoms with Gasteiger partial charge in [0, 0.05) is 38.6 Å². The Morgan fingerprint density at radius 1 is 1.25 bits per heavy atom. The summed E-state index contributed by atoms with van der Waals surface area (Å²) in [4.78, 5) is 18.8. The highest BCUT2D eigenvalue weighted by molar-refractivity contribution is 7.98. The number of nitrogens with zero attached hydrogens (tertiary/aromatic N) is 2. The molecule has 140 valence electrons. The number of piperidine rings is 1. The van der Waals surface area contributed by atoms with Crippen molar-refractivity contribution in [3.63, 3.8) is 0 Å². The van der Waals surface area contributed by atoms with Crippen molar-refractivity contribution < 1.29 is 4.79 Å². The SMILES string of the molecule is CCC(CC)C(=O)N1CCC(NC(=NC)NCCCCSC)CC1. The molecule has 1 heterocycles. The second kappa shape index (κ2) is 12.5. The summed E-state index contributed by atoms with van der Waals surface area (Å²) in [7, 11) is 1.82. The van der Waals surface area contributed by atoms with Gasteiger partial charge >= 0.3 is 0 Å². The van der Waals surface area contributed by atoms with Crippen LogP contribution in [0.15, 0.2) is 4.99 Å². The Labute approximate surface area is 152 Å². The Kier molecular flexibility index (Phi) is 11.0. The van der Waals surface area contributed by atoms with E-state index < -0.39 is 0 Å². The van der Waals surface area contributed by atoms with Crippen molar-refractivity contribution in [2.75, 3.05) is 38.7 Å². The summed E-state index contributed by atoms with van der Waals surface area (Å²) in [5, 5.41) is 6.90. The lowest BCUT2D eigenvalue weighted by molar-refractivity contribution is -0.136. The molecule has 1 saturated heterocycles. The van der Waals surface area contributed by atoms with Crippen LogP contribution < -0.4 is 10.6 Å². The van der Waals surface area contributed by atoms with E-state index in [-0.39, 0.29) is 5.92 Å². The summed E-state index contributed by atoms with van der Waals surface area (Å²) in [5.41, 5.74) is 0. The largest absolute Gasteiger partial charge is 0.356 e. The first kappa shape index (κ1) is 21.1. The number of rotatable bonds is 9. The van der Waals surface area contributed by atoms with Gasteiger partial charge in [-0.3, -0.25) is 9.79 Å². The van der Waals surface area contributed by atoms with Crippen LogP contribution in [0.3, 0.4) is 0 Å². The van der Waals surface area contributed by atoms with Gasteiger partial charge in [0.15, 0.2) is 5.96 Å². The summed E-state index contributed by atoms with van der Waals surface area (Å²) in [6.45, 7) is 6.89. The zero-order chi connectivity index (χ0) is 17.8. The van der Waals surface area contributed by atoms with Crippen LogP contribution in [0.1, 0.15) is 52.4 Å². The van der Waals surface area contributed by atoms with Gasteiger partial charge in [0.05, 0.1) is 0 Å². The van der Waals surface area contributed by atoms with Gasteiger partial charge in [-0.05, 0) is 50.5 Å². The molecule has 1 amide bonds. The fourth-order valence-corrected chi connectivity index (χ4v) is 3.60. The van der Waals surface area contributed by atoms with Crippen molar-refractivity contribution in [3.8, 4) is 0 Å². The Morgan fingerprint density at radius 2 is 1.92 bits per heavy atom. The van der Waals surface area contributed by atoms with Gasteiger partial charge in [-0.1, -0.05) is 13.8 Å². The van der Waals surface area contributed by atoms with Gasteiger partial charge in [-0.2, -0.15) is 11.8 Å². The lowest BCUT2D eigenvalue weighted by Crippen LogP contribution is -2.50. The molecule has 0 aliphatic carbocycles. The molecule has 1 aliphatic heterocycles. The monoisotopic (exact) mass is 356 g/mol. The number of hydrogen-bond donors (Lipinski definition) is 2. The minimum Gasteiger partial charge on any atom is -0.356 e. The minimum atomic E-state index is 0.199. The highest BCUT2D eigenvalue weighted by Gasteiger charge is 2.26. The molecular formula is C18H36N4OS. The van der Waals surface area contributed by atoms with Gasteiger partial charge in [0.25, 0.3) is 0 Å². The van der Waals surface area contributed by atoms with Crippen molar-refractivity contribution in [3.05, 3.63) is 0 Å². The summed E-state index contributed by atoms with van der Waals surface area (Å²) in [5.74, 6) is 2.65. The third-order valence-electron chi connectivity index (χ3n) is 4.77. The molecule has 0 aromatic carbocycles. The molecule has 0 atom stereocenters. The lowest BCUT2D eigenvalue weighted by Gasteiger charge is -2.34. The van der Waals surface area contributed by atoms with Crippen LogP contribution >= 0.6 is 11.8 Å². The van der Waals surface area contributed by atoms with Crippen molar-refractivity contribution in [2.45, 2.75) is 58.4 Å². The van der Waals surface area contributed by atoms with Crippen molar-refractivity contribution in [2.24, 2.45) is 10.9 Å². The quantitative estimate of drug-likeness (QED) is 0.379. The van der Waals surface area contributed by atoms with Crippen LogP contribution in [0.5, 0.6) is 0 Å². The molecule has 6 heteroatoms. The van der Waals surface area contributed by atoms with Crippen molar-refractivity contribution >= 4 is 23.6 Å². The summed E-state index contributed by atoms with van der Waals surface area (Å²) in [6, 6.07) is 0.410. The maximum atomic E-state index is 12.4. The van der Waals surface area contributed by atoms with E-state index in [1.54, 1.807) is 0 Å². The zero-order valence-corrected chi connectivity index (χ0v) is 16.8. The standard InChI is InChI=1S/C18H36N4OS/c1-5-15(6-2)17(23)22-12-9-16(10-13-22)21-18(19-3)20-11-7-8-14-24-4/h15-16H,5-14H2,1-4H3,(H2,19,20,21). The number of aliphatic imine (C=N–C) groups is 1. The molecule has 1 fully saturated rings. The fraction of sp³-hybridized carbons (Fsp3) is 0.889. The van der Waals surface area contributed by atoms with Crippen molar-refractivity contribution in [1.29, 1.82) is 0 Å². The van der Waals surface area contributed by atoms with E-state index in [1.807, 2.05) is 18.8 Å². The van der Waals surface area contributed by atoms with E-state index >= 15 is 0 Å². The summed E-state index contributed by atoms with van der Waals surface area (Å²) < 4.78 is 0. The number of carbonyl (C=O) groups excluding carboxylic acids is 1. The second-order valence-corrected chi connectivity index (χ2v) is 7.44. The molecule has 1 aliphatic rings. The molecule has 24 heavy (non-hydrogen) atoms. The Bertz CT molecular complexity index is 377. The number of thioether (sulfide) groups is 1. The van der Waals surface area contributed by atoms with Gasteiger partial charge in [0.2, 0.25) is 5.91 Å². The van der Waals surface area contributed by atoms with Gasteiger partial charge in [0.1, 0.15) is 0 Å². The normalized spacial score (nSPS) is 16.5. The molecule has 0 spiro atoms. The maximum Gasteiger partial charge on any atom is 0.225 e. The Hall–Kier alpha value is -0.910. The summed E-state index contributed by atoms with van der Waals surface area (Å²) >= 11 is 1.90. The topological polar surface area (TPSA) is 56.7 Å². The molecule has 5 nitrogen and oxygen atoms in total. The van der Waals surface area contributed by atoms with Crippen LogP contribution in [0.2, 0.25) is 0 Å². The molecule has 0 radical (unpaired) electrons. The van der Waals surface area contributed by atoms with E-state index in [0.717, 1.165) is 51.3 Å². The first-order valence-electron chi connectivity index (χ1n) is 9.41. The average Bonchev–Trinajstić information content (AvgIpc) is 2.62. The second-order valence-electron chi connectivity index (χ2n) is 6.46. The van der Waals surface area contributed by atoms with E-state index in [1.165, 1.54) is 18.6 Å². The zero-order valence-electron chi connectivity index (χ0n) is 15.9.